The smallest absolute Gasteiger partial charge is 0.423 e. The van der Waals surface area contributed by atoms with Gasteiger partial charge in [-0.3, -0.25) is 4.98 Å². The minimum Gasteiger partial charge on any atom is -0.423 e. The zero-order chi connectivity index (χ0) is 10.1. The summed E-state index contributed by atoms with van der Waals surface area (Å²) in [5.41, 5.74) is 2.27. The number of hydrogen-bond acceptors (Lipinski definition) is 3. The Morgan fingerprint density at radius 1 is 1.21 bits per heavy atom. The Morgan fingerprint density at radius 3 is 2.71 bits per heavy atom. The van der Waals surface area contributed by atoms with Gasteiger partial charge in [-0.2, -0.15) is 0 Å². The van der Waals surface area contributed by atoms with Gasteiger partial charge in [-0.05, 0) is 30.1 Å². The summed E-state index contributed by atoms with van der Waals surface area (Å²) in [6, 6.07) is 7.23. The van der Waals surface area contributed by atoms with Crippen molar-refractivity contribution in [2.75, 3.05) is 0 Å². The van der Waals surface area contributed by atoms with Crippen LogP contribution in [-0.2, 0) is 0 Å². The molecular weight excluding hydrogens is 177 g/mol. The molecule has 2 aromatic rings. The Kier molecular flexibility index (Phi) is 2.23. The first kappa shape index (κ1) is 9.18. The maximum atomic E-state index is 9.10. The number of hydrogen-bond donors (Lipinski definition) is 2. The molecule has 1 heterocycles. The fraction of sp³-hybridized carbons (Fsp3) is 0.100. The SMILES string of the molecule is Cc1c(B(O)O)ccc2ncccc12. The summed E-state index contributed by atoms with van der Waals surface area (Å²) >= 11 is 0. The van der Waals surface area contributed by atoms with Gasteiger partial charge in [0.15, 0.2) is 0 Å². The molecule has 0 aliphatic rings. The van der Waals surface area contributed by atoms with E-state index in [-0.39, 0.29) is 0 Å². The standard InChI is InChI=1S/C10H10BNO2/c1-7-8-3-2-6-12-10(8)5-4-9(7)11(13)14/h2-6,13-14H,1H3. The average Bonchev–Trinajstić information content (AvgIpc) is 2.18. The van der Waals surface area contributed by atoms with E-state index in [1.807, 2.05) is 19.1 Å². The number of aromatic nitrogens is 1. The molecule has 2 N–H and O–H groups in total. The summed E-state index contributed by atoms with van der Waals surface area (Å²) in [5, 5.41) is 19.2. The summed E-state index contributed by atoms with van der Waals surface area (Å²) in [5.74, 6) is 0. The average molecular weight is 187 g/mol. The van der Waals surface area contributed by atoms with Crippen LogP contribution < -0.4 is 5.46 Å². The molecule has 0 aliphatic heterocycles. The Labute approximate surface area is 82.2 Å². The van der Waals surface area contributed by atoms with Crippen LogP contribution in [0.4, 0.5) is 0 Å². The van der Waals surface area contributed by atoms with Crippen LogP contribution in [0, 0.1) is 6.92 Å². The van der Waals surface area contributed by atoms with Gasteiger partial charge in [-0.25, -0.2) is 0 Å². The van der Waals surface area contributed by atoms with Crippen molar-refractivity contribution >= 4 is 23.5 Å². The largest absolute Gasteiger partial charge is 0.488 e. The molecule has 14 heavy (non-hydrogen) atoms. The zero-order valence-corrected chi connectivity index (χ0v) is 7.81. The molecule has 0 atom stereocenters. The number of aryl methyl sites for hydroxylation is 1. The quantitative estimate of drug-likeness (QED) is 0.628. The molecule has 0 saturated carbocycles. The Hall–Kier alpha value is -1.39. The van der Waals surface area contributed by atoms with Crippen molar-refractivity contribution in [3.8, 4) is 0 Å². The van der Waals surface area contributed by atoms with Gasteiger partial charge in [0.1, 0.15) is 0 Å². The second-order valence-corrected chi connectivity index (χ2v) is 3.22. The topological polar surface area (TPSA) is 53.4 Å². The number of pyridine rings is 1. The molecule has 0 unspecified atom stereocenters. The highest BCUT2D eigenvalue weighted by Gasteiger charge is 2.15. The molecule has 70 valence electrons. The minimum atomic E-state index is -1.42. The van der Waals surface area contributed by atoms with Crippen molar-refractivity contribution < 1.29 is 10.0 Å². The van der Waals surface area contributed by atoms with Gasteiger partial charge in [0, 0.05) is 11.6 Å². The summed E-state index contributed by atoms with van der Waals surface area (Å²) < 4.78 is 0. The lowest BCUT2D eigenvalue weighted by atomic mass is 9.76. The summed E-state index contributed by atoms with van der Waals surface area (Å²) in [7, 11) is -1.42. The Balaban J connectivity index is 2.75. The van der Waals surface area contributed by atoms with E-state index >= 15 is 0 Å². The van der Waals surface area contributed by atoms with Crippen molar-refractivity contribution in [2.45, 2.75) is 6.92 Å². The van der Waals surface area contributed by atoms with Crippen LogP contribution in [-0.4, -0.2) is 22.2 Å². The van der Waals surface area contributed by atoms with E-state index in [1.54, 1.807) is 18.3 Å². The second kappa shape index (κ2) is 3.40. The van der Waals surface area contributed by atoms with Crippen LogP contribution in [0.5, 0.6) is 0 Å². The lowest BCUT2D eigenvalue weighted by Gasteiger charge is -2.07. The van der Waals surface area contributed by atoms with Crippen molar-refractivity contribution in [2.24, 2.45) is 0 Å². The monoisotopic (exact) mass is 187 g/mol. The molecule has 2 rings (SSSR count). The van der Waals surface area contributed by atoms with Crippen molar-refractivity contribution in [3.05, 3.63) is 36.0 Å². The Bertz CT molecular complexity index is 471. The Morgan fingerprint density at radius 2 is 2.00 bits per heavy atom. The number of rotatable bonds is 1. The van der Waals surface area contributed by atoms with Crippen molar-refractivity contribution in [1.82, 2.24) is 4.98 Å². The molecule has 0 radical (unpaired) electrons. The van der Waals surface area contributed by atoms with Crippen LogP contribution in [0.25, 0.3) is 10.9 Å². The van der Waals surface area contributed by atoms with Crippen LogP contribution in [0.3, 0.4) is 0 Å². The minimum absolute atomic E-state index is 0.533. The maximum absolute atomic E-state index is 9.10. The molecule has 3 nitrogen and oxygen atoms in total. The molecule has 1 aromatic heterocycles. The van der Waals surface area contributed by atoms with E-state index in [9.17, 15) is 0 Å². The van der Waals surface area contributed by atoms with Crippen LogP contribution >= 0.6 is 0 Å². The molecular formula is C10H10BNO2. The van der Waals surface area contributed by atoms with E-state index in [2.05, 4.69) is 4.98 Å². The first-order valence-corrected chi connectivity index (χ1v) is 4.40. The first-order valence-electron chi connectivity index (χ1n) is 4.40. The van der Waals surface area contributed by atoms with E-state index in [0.29, 0.717) is 5.46 Å². The highest BCUT2D eigenvalue weighted by Crippen LogP contribution is 2.13. The first-order chi connectivity index (χ1) is 6.70. The lowest BCUT2D eigenvalue weighted by molar-refractivity contribution is 0.425. The fourth-order valence-corrected chi connectivity index (χ4v) is 1.60. The molecule has 0 amide bonds. The maximum Gasteiger partial charge on any atom is 0.488 e. The number of fused-ring (bicyclic) bond motifs is 1. The summed E-state index contributed by atoms with van der Waals surface area (Å²) in [6.07, 6.45) is 1.72. The van der Waals surface area contributed by atoms with Crippen LogP contribution in [0.15, 0.2) is 30.5 Å². The molecule has 0 spiro atoms. The van der Waals surface area contributed by atoms with Crippen molar-refractivity contribution in [3.63, 3.8) is 0 Å². The molecule has 0 saturated heterocycles. The third-order valence-electron chi connectivity index (χ3n) is 2.37. The number of benzene rings is 1. The summed E-state index contributed by atoms with van der Waals surface area (Å²) in [4.78, 5) is 4.18. The van der Waals surface area contributed by atoms with Gasteiger partial charge in [0.05, 0.1) is 5.52 Å². The predicted molar refractivity (Wildman–Crippen MR) is 56.3 cm³/mol. The van der Waals surface area contributed by atoms with E-state index < -0.39 is 7.12 Å². The zero-order valence-electron chi connectivity index (χ0n) is 7.81. The highest BCUT2D eigenvalue weighted by molar-refractivity contribution is 6.59. The third kappa shape index (κ3) is 1.39. The number of nitrogens with zero attached hydrogens (tertiary/aromatic N) is 1. The van der Waals surface area contributed by atoms with E-state index in [1.165, 1.54) is 0 Å². The van der Waals surface area contributed by atoms with Gasteiger partial charge >= 0.3 is 7.12 Å². The van der Waals surface area contributed by atoms with Gasteiger partial charge in [0.2, 0.25) is 0 Å². The van der Waals surface area contributed by atoms with Crippen LogP contribution in [0.1, 0.15) is 5.56 Å². The normalized spacial score (nSPS) is 10.5. The molecule has 4 heteroatoms. The fourth-order valence-electron chi connectivity index (χ4n) is 1.60. The highest BCUT2D eigenvalue weighted by atomic mass is 16.4. The van der Waals surface area contributed by atoms with E-state index in [0.717, 1.165) is 16.5 Å². The van der Waals surface area contributed by atoms with Gasteiger partial charge in [-0.1, -0.05) is 12.1 Å². The molecule has 0 bridgehead atoms. The third-order valence-corrected chi connectivity index (χ3v) is 2.37. The molecule has 0 aliphatic carbocycles. The van der Waals surface area contributed by atoms with Gasteiger partial charge < -0.3 is 10.0 Å². The van der Waals surface area contributed by atoms with Gasteiger partial charge in [0.25, 0.3) is 0 Å². The second-order valence-electron chi connectivity index (χ2n) is 3.22. The molecule has 1 aromatic carbocycles. The van der Waals surface area contributed by atoms with Gasteiger partial charge in [-0.15, -0.1) is 0 Å². The predicted octanol–water partition coefficient (Wildman–Crippen LogP) is 0.223. The lowest BCUT2D eigenvalue weighted by Crippen LogP contribution is -2.32. The van der Waals surface area contributed by atoms with Crippen molar-refractivity contribution in [1.29, 1.82) is 0 Å². The molecule has 0 fully saturated rings. The van der Waals surface area contributed by atoms with Crippen LogP contribution in [0.2, 0.25) is 0 Å². The summed E-state index contributed by atoms with van der Waals surface area (Å²) in [6.45, 7) is 1.86. The van der Waals surface area contributed by atoms with E-state index in [4.69, 9.17) is 10.0 Å².